The zero-order valence-corrected chi connectivity index (χ0v) is 25.6. The van der Waals surface area contributed by atoms with Gasteiger partial charge in [0.1, 0.15) is 22.6 Å². The number of benzene rings is 1. The number of anilines is 3. The summed E-state index contributed by atoms with van der Waals surface area (Å²) in [5, 5.41) is 14.1. The highest BCUT2D eigenvalue weighted by atomic mass is 16.5. The molecule has 226 valence electrons. The summed E-state index contributed by atoms with van der Waals surface area (Å²) in [6.07, 6.45) is 7.20. The van der Waals surface area contributed by atoms with Crippen LogP contribution in [-0.2, 0) is 6.42 Å². The molecule has 4 heterocycles. The van der Waals surface area contributed by atoms with Crippen LogP contribution in [0.5, 0.6) is 5.75 Å². The van der Waals surface area contributed by atoms with E-state index in [1.807, 2.05) is 6.92 Å². The second kappa shape index (κ2) is 11.8. The lowest BCUT2D eigenvalue weighted by Crippen LogP contribution is -2.52. The van der Waals surface area contributed by atoms with E-state index < -0.39 is 5.60 Å². The van der Waals surface area contributed by atoms with Crippen molar-refractivity contribution in [1.29, 1.82) is 0 Å². The predicted molar refractivity (Wildman–Crippen MR) is 169 cm³/mol. The Morgan fingerprint density at radius 2 is 1.83 bits per heavy atom. The summed E-state index contributed by atoms with van der Waals surface area (Å²) in [6.45, 7) is 10.7. The highest BCUT2D eigenvalue weighted by Gasteiger charge is 2.33. The minimum Gasteiger partial charge on any atom is -0.495 e. The Kier molecular flexibility index (Phi) is 8.13. The van der Waals surface area contributed by atoms with E-state index >= 15 is 0 Å². The normalized spacial score (nSPS) is 24.4. The van der Waals surface area contributed by atoms with E-state index in [-0.39, 0.29) is 6.04 Å². The summed E-state index contributed by atoms with van der Waals surface area (Å²) in [6, 6.07) is 7.20. The number of nitrogen functional groups attached to an aromatic ring is 1. The quantitative estimate of drug-likeness (QED) is 0.385. The Balaban J connectivity index is 1.26. The van der Waals surface area contributed by atoms with Gasteiger partial charge >= 0.3 is 0 Å². The molecule has 1 aliphatic carbocycles. The van der Waals surface area contributed by atoms with Gasteiger partial charge in [0.2, 0.25) is 0 Å². The highest BCUT2D eigenvalue weighted by Crippen LogP contribution is 2.38. The number of pyridine rings is 1. The summed E-state index contributed by atoms with van der Waals surface area (Å²) in [7, 11) is 3.96. The molecule has 42 heavy (non-hydrogen) atoms. The van der Waals surface area contributed by atoms with Crippen LogP contribution in [-0.4, -0.2) is 101 Å². The van der Waals surface area contributed by atoms with Crippen molar-refractivity contribution in [2.45, 2.75) is 70.1 Å². The first-order valence-corrected chi connectivity index (χ1v) is 15.5. The van der Waals surface area contributed by atoms with Crippen LogP contribution in [0.2, 0.25) is 0 Å². The Morgan fingerprint density at radius 1 is 1.07 bits per heavy atom. The molecule has 0 spiro atoms. The Morgan fingerprint density at radius 3 is 2.50 bits per heavy atom. The second-order valence-electron chi connectivity index (χ2n) is 12.7. The molecule has 0 bridgehead atoms. The van der Waals surface area contributed by atoms with Gasteiger partial charge in [0.25, 0.3) is 0 Å². The lowest BCUT2D eigenvalue weighted by Gasteiger charge is -2.42. The van der Waals surface area contributed by atoms with E-state index in [0.29, 0.717) is 30.2 Å². The number of piperazine rings is 1. The summed E-state index contributed by atoms with van der Waals surface area (Å²) in [4.78, 5) is 22.1. The van der Waals surface area contributed by atoms with Crippen molar-refractivity contribution < 1.29 is 9.84 Å². The van der Waals surface area contributed by atoms with Gasteiger partial charge in [0, 0.05) is 63.1 Å². The van der Waals surface area contributed by atoms with Crippen LogP contribution < -0.4 is 20.7 Å². The molecule has 10 heteroatoms. The second-order valence-corrected chi connectivity index (χ2v) is 12.7. The highest BCUT2D eigenvalue weighted by molar-refractivity contribution is 5.97. The molecule has 1 saturated carbocycles. The number of nitrogens with one attached hydrogen (secondary N) is 1. The van der Waals surface area contributed by atoms with Crippen LogP contribution in [0, 0.1) is 0 Å². The first kappa shape index (κ1) is 28.9. The Bertz CT molecular complexity index is 1410. The zero-order valence-electron chi connectivity index (χ0n) is 25.6. The molecule has 1 aromatic carbocycles. The van der Waals surface area contributed by atoms with E-state index in [1.54, 1.807) is 13.3 Å². The molecule has 3 aromatic rings. The molecule has 0 amide bonds. The van der Waals surface area contributed by atoms with Gasteiger partial charge in [-0.2, -0.15) is 0 Å². The molecule has 2 unspecified atom stereocenters. The van der Waals surface area contributed by atoms with Gasteiger partial charge in [0.05, 0.1) is 24.1 Å². The van der Waals surface area contributed by atoms with Crippen molar-refractivity contribution in [1.82, 2.24) is 24.8 Å². The summed E-state index contributed by atoms with van der Waals surface area (Å²) >= 11 is 0. The van der Waals surface area contributed by atoms with Crippen LogP contribution in [0.3, 0.4) is 0 Å². The largest absolute Gasteiger partial charge is 0.495 e. The van der Waals surface area contributed by atoms with Crippen molar-refractivity contribution >= 4 is 28.4 Å². The summed E-state index contributed by atoms with van der Waals surface area (Å²) in [5.74, 6) is 1.98. The Labute approximate surface area is 249 Å². The molecule has 0 radical (unpaired) electrons. The average Bonchev–Trinajstić information content (AvgIpc) is 3.35. The number of nitrogens with two attached hydrogens (primary N) is 1. The maximum Gasteiger partial charge on any atom is 0.151 e. The third kappa shape index (κ3) is 5.85. The van der Waals surface area contributed by atoms with Gasteiger partial charge in [-0.05, 0) is 70.2 Å². The lowest BCUT2D eigenvalue weighted by atomic mass is 10.00. The van der Waals surface area contributed by atoms with E-state index in [1.165, 1.54) is 25.9 Å². The zero-order chi connectivity index (χ0) is 29.4. The maximum absolute atomic E-state index is 10.5. The molecular formula is C32H46N8O2. The number of rotatable bonds is 7. The summed E-state index contributed by atoms with van der Waals surface area (Å²) < 4.78 is 5.95. The van der Waals surface area contributed by atoms with Crippen LogP contribution in [0.1, 0.15) is 51.6 Å². The van der Waals surface area contributed by atoms with E-state index in [2.05, 4.69) is 57.2 Å². The number of hydrogen-bond donors (Lipinski definition) is 3. The number of aryl methyl sites for hydroxylation is 1. The fourth-order valence-corrected chi connectivity index (χ4v) is 6.97. The molecule has 2 atom stereocenters. The van der Waals surface area contributed by atoms with Crippen molar-refractivity contribution in [3.8, 4) is 16.9 Å². The molecule has 2 saturated heterocycles. The molecule has 3 fully saturated rings. The SMILES string of the molecule is CCc1nc2c(N)ncc(-c3ccc(N4CCC(N5CCN(C)CC5)CC4)c(OC)c3)c2nc1NC1CCC(C)(O)C1. The lowest BCUT2D eigenvalue weighted by molar-refractivity contribution is 0.0673. The van der Waals surface area contributed by atoms with Gasteiger partial charge in [-0.3, -0.25) is 4.90 Å². The van der Waals surface area contributed by atoms with Crippen molar-refractivity contribution in [3.63, 3.8) is 0 Å². The van der Waals surface area contributed by atoms with Crippen molar-refractivity contribution in [3.05, 3.63) is 30.1 Å². The van der Waals surface area contributed by atoms with Gasteiger partial charge < -0.3 is 30.7 Å². The third-order valence-corrected chi connectivity index (χ3v) is 9.54. The van der Waals surface area contributed by atoms with Gasteiger partial charge in [-0.1, -0.05) is 13.0 Å². The number of methoxy groups -OCH3 is 1. The third-order valence-electron chi connectivity index (χ3n) is 9.54. The van der Waals surface area contributed by atoms with Gasteiger partial charge in [-0.25, -0.2) is 15.0 Å². The van der Waals surface area contributed by atoms with E-state index in [4.69, 9.17) is 20.4 Å². The first-order chi connectivity index (χ1) is 20.2. The topological polar surface area (TPSA) is 116 Å². The van der Waals surface area contributed by atoms with Crippen LogP contribution in [0.15, 0.2) is 24.4 Å². The number of aromatic nitrogens is 3. The van der Waals surface area contributed by atoms with Crippen molar-refractivity contribution in [2.24, 2.45) is 0 Å². The monoisotopic (exact) mass is 574 g/mol. The molecule has 10 nitrogen and oxygen atoms in total. The number of nitrogens with zero attached hydrogens (tertiary/aromatic N) is 6. The minimum absolute atomic E-state index is 0.152. The van der Waals surface area contributed by atoms with E-state index in [0.717, 1.165) is 78.6 Å². The molecular weight excluding hydrogens is 528 g/mol. The van der Waals surface area contributed by atoms with Crippen LogP contribution >= 0.6 is 0 Å². The predicted octanol–water partition coefficient (Wildman–Crippen LogP) is 3.78. The fraction of sp³-hybridized carbons (Fsp3) is 0.594. The number of hydrogen-bond acceptors (Lipinski definition) is 10. The molecule has 6 rings (SSSR count). The smallest absolute Gasteiger partial charge is 0.151 e. The number of piperidine rings is 1. The van der Waals surface area contributed by atoms with Gasteiger partial charge in [0.15, 0.2) is 5.82 Å². The number of fused-ring (bicyclic) bond motifs is 1. The van der Waals surface area contributed by atoms with Gasteiger partial charge in [-0.15, -0.1) is 0 Å². The standard InChI is InChI=1S/C32H46N8O2/c1-5-25-31(35-22-8-11-32(2,41)19-22)37-28-24(20-34-30(33)29(28)36-25)21-6-7-26(27(18-21)42-4)40-12-9-23(10-13-40)39-16-14-38(3)15-17-39/h6-7,18,20,22-23,41H,5,8-17,19H2,1-4H3,(H2,33,34)(H,35,37). The average molecular weight is 575 g/mol. The van der Waals surface area contributed by atoms with Crippen LogP contribution in [0.25, 0.3) is 22.2 Å². The first-order valence-electron chi connectivity index (χ1n) is 15.5. The molecule has 2 aromatic heterocycles. The number of ether oxygens (including phenoxy) is 1. The number of likely N-dealkylation sites (N-methyl/N-ethyl adjacent to an activating group) is 1. The number of aliphatic hydroxyl groups is 1. The molecule has 2 aliphatic heterocycles. The minimum atomic E-state index is -0.647. The maximum atomic E-state index is 10.5. The Hall–Kier alpha value is -3.21. The molecule has 3 aliphatic rings. The van der Waals surface area contributed by atoms with Crippen molar-refractivity contribution in [2.75, 3.05) is 69.4 Å². The molecule has 4 N–H and O–H groups in total. The van der Waals surface area contributed by atoms with E-state index in [9.17, 15) is 5.11 Å². The fourth-order valence-electron chi connectivity index (χ4n) is 6.97. The van der Waals surface area contributed by atoms with Crippen LogP contribution in [0.4, 0.5) is 17.3 Å². The summed E-state index contributed by atoms with van der Waals surface area (Å²) in [5.41, 5.74) is 10.8.